The number of unbranched alkanes of at least 4 members (excludes halogenated alkanes) is 1. The molecule has 1 aliphatic carbocycles. The second-order valence-electron chi connectivity index (χ2n) is 5.34. The van der Waals surface area contributed by atoms with E-state index < -0.39 is 10.0 Å². The summed E-state index contributed by atoms with van der Waals surface area (Å²) < 4.78 is 26.1. The molecule has 0 saturated heterocycles. The number of hydrogen-bond acceptors (Lipinski definition) is 3. The van der Waals surface area contributed by atoms with Crippen molar-refractivity contribution < 1.29 is 8.42 Å². The van der Waals surface area contributed by atoms with Gasteiger partial charge >= 0.3 is 0 Å². The molecule has 102 valence electrons. The molecule has 0 aromatic heterocycles. The quantitative estimate of drug-likeness (QED) is 0.641. The van der Waals surface area contributed by atoms with Crippen LogP contribution >= 0.6 is 0 Å². The average molecular weight is 262 g/mol. The minimum atomic E-state index is -3.05. The summed E-state index contributed by atoms with van der Waals surface area (Å²) in [4.78, 5) is 0. The van der Waals surface area contributed by atoms with Crippen molar-refractivity contribution in [2.75, 3.05) is 18.8 Å². The molecule has 5 heteroatoms. The summed E-state index contributed by atoms with van der Waals surface area (Å²) in [6, 6.07) is 0.289. The van der Waals surface area contributed by atoms with Crippen molar-refractivity contribution in [3.05, 3.63) is 0 Å². The van der Waals surface area contributed by atoms with Gasteiger partial charge in [0.2, 0.25) is 10.0 Å². The molecular formula is C12H26N2O2S. The Kier molecular flexibility index (Phi) is 5.89. The highest BCUT2D eigenvalue weighted by Crippen LogP contribution is 2.30. The molecule has 0 atom stereocenters. The van der Waals surface area contributed by atoms with Gasteiger partial charge in [-0.25, -0.2) is 8.42 Å². The van der Waals surface area contributed by atoms with Crippen molar-refractivity contribution in [2.24, 2.45) is 11.7 Å². The van der Waals surface area contributed by atoms with Crippen LogP contribution in [0, 0.1) is 5.92 Å². The lowest BCUT2D eigenvalue weighted by molar-refractivity contribution is 0.372. The first-order valence-electron chi connectivity index (χ1n) is 6.67. The van der Waals surface area contributed by atoms with Crippen LogP contribution in [-0.2, 0) is 10.0 Å². The molecule has 0 aromatic carbocycles. The maximum absolute atomic E-state index is 12.2. The van der Waals surface area contributed by atoms with E-state index in [0.717, 1.165) is 25.7 Å². The van der Waals surface area contributed by atoms with Crippen LogP contribution < -0.4 is 5.73 Å². The first-order chi connectivity index (χ1) is 7.97. The fraction of sp³-hybridized carbons (Fsp3) is 1.00. The summed E-state index contributed by atoms with van der Waals surface area (Å²) in [7, 11) is -3.05. The molecule has 1 fully saturated rings. The van der Waals surface area contributed by atoms with Crippen molar-refractivity contribution in [3.63, 3.8) is 0 Å². The van der Waals surface area contributed by atoms with Gasteiger partial charge in [0, 0.05) is 12.6 Å². The van der Waals surface area contributed by atoms with E-state index in [1.807, 2.05) is 0 Å². The van der Waals surface area contributed by atoms with Crippen molar-refractivity contribution >= 4 is 10.0 Å². The third-order valence-corrected chi connectivity index (χ3v) is 5.09. The van der Waals surface area contributed by atoms with E-state index >= 15 is 0 Å². The summed E-state index contributed by atoms with van der Waals surface area (Å²) in [5.74, 6) is 0.814. The van der Waals surface area contributed by atoms with Crippen LogP contribution in [0.25, 0.3) is 0 Å². The van der Waals surface area contributed by atoms with E-state index in [4.69, 9.17) is 5.73 Å². The summed E-state index contributed by atoms with van der Waals surface area (Å²) >= 11 is 0. The minimum Gasteiger partial charge on any atom is -0.330 e. The molecule has 17 heavy (non-hydrogen) atoms. The maximum atomic E-state index is 12.2. The van der Waals surface area contributed by atoms with Gasteiger partial charge in [0.05, 0.1) is 5.75 Å². The van der Waals surface area contributed by atoms with Crippen LogP contribution in [0.3, 0.4) is 0 Å². The summed E-state index contributed by atoms with van der Waals surface area (Å²) in [6.45, 7) is 5.52. The molecule has 4 nitrogen and oxygen atoms in total. The Morgan fingerprint density at radius 3 is 2.41 bits per heavy atom. The highest BCUT2D eigenvalue weighted by Gasteiger charge is 2.36. The van der Waals surface area contributed by atoms with Crippen molar-refractivity contribution in [2.45, 2.75) is 52.0 Å². The number of nitrogens with zero attached hydrogens (tertiary/aromatic N) is 1. The zero-order valence-corrected chi connectivity index (χ0v) is 11.9. The van der Waals surface area contributed by atoms with E-state index in [-0.39, 0.29) is 11.8 Å². The molecule has 1 saturated carbocycles. The lowest BCUT2D eigenvalue weighted by atomic mass is 10.1. The third kappa shape index (κ3) is 5.36. The lowest BCUT2D eigenvalue weighted by Gasteiger charge is -2.22. The van der Waals surface area contributed by atoms with E-state index in [9.17, 15) is 8.42 Å². The second kappa shape index (κ2) is 6.71. The molecule has 0 aliphatic heterocycles. The summed E-state index contributed by atoms with van der Waals surface area (Å²) in [6.07, 6.45) is 4.50. The van der Waals surface area contributed by atoms with E-state index in [2.05, 4.69) is 13.8 Å². The Morgan fingerprint density at radius 1 is 1.29 bits per heavy atom. The van der Waals surface area contributed by atoms with Gasteiger partial charge in [-0.1, -0.05) is 13.8 Å². The van der Waals surface area contributed by atoms with E-state index in [1.54, 1.807) is 4.31 Å². The smallest absolute Gasteiger partial charge is 0.214 e. The summed E-state index contributed by atoms with van der Waals surface area (Å²) in [5.41, 5.74) is 5.40. The molecule has 0 unspecified atom stereocenters. The SMILES string of the molecule is CC(C)CCN(C1CC1)S(=O)(=O)CCCCN. The Labute approximate surface area is 106 Å². The van der Waals surface area contributed by atoms with E-state index in [0.29, 0.717) is 25.4 Å². The van der Waals surface area contributed by atoms with E-state index in [1.165, 1.54) is 0 Å². The zero-order valence-electron chi connectivity index (χ0n) is 11.1. The van der Waals surface area contributed by atoms with Gasteiger partial charge in [-0.05, 0) is 44.6 Å². The minimum absolute atomic E-state index is 0.263. The first-order valence-corrected chi connectivity index (χ1v) is 8.28. The first kappa shape index (κ1) is 14.9. The van der Waals surface area contributed by atoms with Gasteiger partial charge in [-0.2, -0.15) is 4.31 Å². The predicted molar refractivity (Wildman–Crippen MR) is 71.3 cm³/mol. The molecule has 0 amide bonds. The maximum Gasteiger partial charge on any atom is 0.214 e. The van der Waals surface area contributed by atoms with Gasteiger partial charge < -0.3 is 5.73 Å². The van der Waals surface area contributed by atoms with Crippen LogP contribution in [-0.4, -0.2) is 37.6 Å². The largest absolute Gasteiger partial charge is 0.330 e. The van der Waals surface area contributed by atoms with Crippen LogP contribution in [0.4, 0.5) is 0 Å². The van der Waals surface area contributed by atoms with Crippen LogP contribution in [0.2, 0.25) is 0 Å². The van der Waals surface area contributed by atoms with Gasteiger partial charge in [0.1, 0.15) is 0 Å². The molecule has 0 radical (unpaired) electrons. The topological polar surface area (TPSA) is 63.4 Å². The lowest BCUT2D eigenvalue weighted by Crippen LogP contribution is -2.36. The fourth-order valence-corrected chi connectivity index (χ4v) is 3.69. The monoisotopic (exact) mass is 262 g/mol. The number of sulfonamides is 1. The van der Waals surface area contributed by atoms with Gasteiger partial charge in [-0.15, -0.1) is 0 Å². The third-order valence-electron chi connectivity index (χ3n) is 3.09. The molecule has 2 N–H and O–H groups in total. The highest BCUT2D eigenvalue weighted by molar-refractivity contribution is 7.89. The standard InChI is InChI=1S/C12H26N2O2S/c1-11(2)7-9-14(12-5-6-12)17(15,16)10-4-3-8-13/h11-12H,3-10,13H2,1-2H3. The normalized spacial score (nSPS) is 17.0. The molecule has 1 rings (SSSR count). The zero-order chi connectivity index (χ0) is 12.9. The predicted octanol–water partition coefficient (Wildman–Crippen LogP) is 1.57. The molecule has 0 heterocycles. The average Bonchev–Trinajstić information content (AvgIpc) is 3.01. The second-order valence-corrected chi connectivity index (χ2v) is 7.38. The molecule has 0 spiro atoms. The molecule has 1 aliphatic rings. The van der Waals surface area contributed by atoms with Gasteiger partial charge in [-0.3, -0.25) is 0 Å². The fourth-order valence-electron chi connectivity index (χ4n) is 1.84. The molecular weight excluding hydrogens is 236 g/mol. The number of hydrogen-bond donors (Lipinski definition) is 1. The van der Waals surface area contributed by atoms with Crippen LogP contribution in [0.1, 0.15) is 46.0 Å². The molecule has 0 aromatic rings. The molecule has 0 bridgehead atoms. The summed E-state index contributed by atoms with van der Waals surface area (Å²) in [5, 5.41) is 0. The Morgan fingerprint density at radius 2 is 1.94 bits per heavy atom. The Balaban J connectivity index is 2.49. The number of rotatable bonds is 9. The van der Waals surface area contributed by atoms with Crippen molar-refractivity contribution in [1.82, 2.24) is 4.31 Å². The number of nitrogens with two attached hydrogens (primary N) is 1. The Hall–Kier alpha value is -0.130. The van der Waals surface area contributed by atoms with Crippen LogP contribution in [0.15, 0.2) is 0 Å². The van der Waals surface area contributed by atoms with Gasteiger partial charge in [0.15, 0.2) is 0 Å². The van der Waals surface area contributed by atoms with Crippen LogP contribution in [0.5, 0.6) is 0 Å². The van der Waals surface area contributed by atoms with Crippen molar-refractivity contribution in [1.29, 1.82) is 0 Å². The van der Waals surface area contributed by atoms with Gasteiger partial charge in [0.25, 0.3) is 0 Å². The van der Waals surface area contributed by atoms with Crippen molar-refractivity contribution in [3.8, 4) is 0 Å². The highest BCUT2D eigenvalue weighted by atomic mass is 32.2. The Bertz CT molecular complexity index is 310.